The zero-order chi connectivity index (χ0) is 18.2. The van der Waals surface area contributed by atoms with E-state index >= 15 is 0 Å². The number of carbonyl (C=O) groups is 1. The van der Waals surface area contributed by atoms with Crippen LogP contribution in [0, 0.1) is 0 Å². The first-order valence-electron chi connectivity index (χ1n) is 9.56. The van der Waals surface area contributed by atoms with Gasteiger partial charge in [0.05, 0.1) is 5.75 Å². The number of nitrogens with zero attached hydrogens (tertiary/aromatic N) is 3. The summed E-state index contributed by atoms with van der Waals surface area (Å²) in [6.07, 6.45) is 4.87. The molecule has 1 heterocycles. The molecular formula is C22H21N3OS. The van der Waals surface area contributed by atoms with E-state index in [1.165, 1.54) is 37.4 Å². The van der Waals surface area contributed by atoms with Crippen LogP contribution in [-0.2, 0) is 0 Å². The van der Waals surface area contributed by atoms with Crippen LogP contribution in [0.25, 0.3) is 11.1 Å². The molecule has 0 spiro atoms. The van der Waals surface area contributed by atoms with Gasteiger partial charge in [-0.15, -0.1) is 10.2 Å². The van der Waals surface area contributed by atoms with Gasteiger partial charge < -0.3 is 4.57 Å². The van der Waals surface area contributed by atoms with E-state index in [4.69, 9.17) is 0 Å². The van der Waals surface area contributed by atoms with E-state index in [2.05, 4.69) is 26.9 Å². The molecule has 0 amide bonds. The van der Waals surface area contributed by atoms with Crippen LogP contribution in [0.1, 0.15) is 53.8 Å². The molecule has 5 rings (SSSR count). The average Bonchev–Trinajstić information content (AvgIpc) is 3.66. The molecule has 136 valence electrons. The van der Waals surface area contributed by atoms with E-state index in [9.17, 15) is 4.79 Å². The van der Waals surface area contributed by atoms with Gasteiger partial charge in [-0.1, -0.05) is 66.4 Å². The molecule has 0 saturated heterocycles. The second kappa shape index (κ2) is 6.97. The summed E-state index contributed by atoms with van der Waals surface area (Å²) in [5.41, 5.74) is 3.04. The van der Waals surface area contributed by atoms with Gasteiger partial charge in [0.2, 0.25) is 0 Å². The molecule has 0 radical (unpaired) electrons. The summed E-state index contributed by atoms with van der Waals surface area (Å²) in [6.45, 7) is 0. The highest BCUT2D eigenvalue weighted by Crippen LogP contribution is 2.46. The molecule has 4 nitrogen and oxygen atoms in total. The number of aromatic nitrogens is 3. The Morgan fingerprint density at radius 3 is 2.30 bits per heavy atom. The summed E-state index contributed by atoms with van der Waals surface area (Å²) in [5.74, 6) is 2.27. The Balaban J connectivity index is 1.27. The van der Waals surface area contributed by atoms with Crippen LogP contribution in [-0.4, -0.2) is 26.3 Å². The van der Waals surface area contributed by atoms with Gasteiger partial charge in [0.1, 0.15) is 5.82 Å². The Kier molecular flexibility index (Phi) is 4.32. The highest BCUT2D eigenvalue weighted by Gasteiger charge is 2.36. The normalized spacial score (nSPS) is 16.4. The molecule has 3 aromatic rings. The molecule has 0 atom stereocenters. The lowest BCUT2D eigenvalue weighted by atomic mass is 10.0. The summed E-state index contributed by atoms with van der Waals surface area (Å²) in [5, 5.41) is 9.71. The van der Waals surface area contributed by atoms with Crippen LogP contribution < -0.4 is 0 Å². The topological polar surface area (TPSA) is 47.8 Å². The molecule has 2 fully saturated rings. The molecule has 0 aliphatic heterocycles. The smallest absolute Gasteiger partial charge is 0.191 e. The van der Waals surface area contributed by atoms with Crippen molar-refractivity contribution in [3.63, 3.8) is 0 Å². The van der Waals surface area contributed by atoms with Gasteiger partial charge in [-0.2, -0.15) is 0 Å². The fourth-order valence-corrected chi connectivity index (χ4v) is 4.28. The molecular weight excluding hydrogens is 354 g/mol. The van der Waals surface area contributed by atoms with Gasteiger partial charge in [-0.05, 0) is 36.8 Å². The zero-order valence-electron chi connectivity index (χ0n) is 15.0. The van der Waals surface area contributed by atoms with Gasteiger partial charge in [0.15, 0.2) is 10.9 Å². The molecule has 1 aromatic heterocycles. The molecule has 5 heteroatoms. The summed E-state index contributed by atoms with van der Waals surface area (Å²) < 4.78 is 2.30. The lowest BCUT2D eigenvalue weighted by Gasteiger charge is -2.08. The standard InChI is InChI=1S/C22H21N3OS/c26-20(17-8-6-16(7-9-17)15-4-2-1-3-5-15)14-27-22-24-23-21(18-10-11-18)25(22)19-12-13-19/h1-9,18-19H,10-14H2. The minimum atomic E-state index is 0.137. The van der Waals surface area contributed by atoms with Crippen molar-refractivity contribution in [2.45, 2.75) is 42.8 Å². The Morgan fingerprint density at radius 2 is 1.63 bits per heavy atom. The highest BCUT2D eigenvalue weighted by molar-refractivity contribution is 7.99. The van der Waals surface area contributed by atoms with Gasteiger partial charge >= 0.3 is 0 Å². The fourth-order valence-electron chi connectivity index (χ4n) is 3.38. The Bertz CT molecular complexity index is 957. The fraction of sp³-hybridized carbons (Fsp3) is 0.318. The quantitative estimate of drug-likeness (QED) is 0.424. The van der Waals surface area contributed by atoms with Crippen molar-refractivity contribution in [2.24, 2.45) is 0 Å². The number of thioether (sulfide) groups is 1. The van der Waals surface area contributed by atoms with E-state index in [0.29, 0.717) is 17.7 Å². The minimum absolute atomic E-state index is 0.137. The SMILES string of the molecule is O=C(CSc1nnc(C2CC2)n1C1CC1)c1ccc(-c2ccccc2)cc1. The van der Waals surface area contributed by atoms with Crippen LogP contribution in [0.3, 0.4) is 0 Å². The van der Waals surface area contributed by atoms with Crippen LogP contribution in [0.2, 0.25) is 0 Å². The van der Waals surface area contributed by atoms with Crippen LogP contribution in [0.15, 0.2) is 59.8 Å². The molecule has 0 bridgehead atoms. The van der Waals surface area contributed by atoms with E-state index < -0.39 is 0 Å². The van der Waals surface area contributed by atoms with Crippen molar-refractivity contribution < 1.29 is 4.79 Å². The Hall–Kier alpha value is -2.40. The first-order chi connectivity index (χ1) is 13.3. The number of carbonyl (C=O) groups excluding carboxylic acids is 1. The van der Waals surface area contributed by atoms with E-state index in [1.54, 1.807) is 0 Å². The second-order valence-electron chi connectivity index (χ2n) is 7.37. The van der Waals surface area contributed by atoms with E-state index in [-0.39, 0.29) is 5.78 Å². The summed E-state index contributed by atoms with van der Waals surface area (Å²) in [4.78, 5) is 12.6. The Labute approximate surface area is 163 Å². The summed E-state index contributed by atoms with van der Waals surface area (Å²) in [6, 6.07) is 18.7. The molecule has 2 aliphatic rings. The number of rotatable bonds is 7. The molecule has 2 aliphatic carbocycles. The third-order valence-corrected chi connectivity index (χ3v) is 6.13. The monoisotopic (exact) mass is 375 g/mol. The lowest BCUT2D eigenvalue weighted by Crippen LogP contribution is -2.06. The van der Waals surface area contributed by atoms with Crippen molar-refractivity contribution in [3.05, 3.63) is 66.0 Å². The maximum Gasteiger partial charge on any atom is 0.191 e. The minimum Gasteiger partial charge on any atom is -0.303 e. The zero-order valence-corrected chi connectivity index (χ0v) is 15.9. The van der Waals surface area contributed by atoms with Crippen LogP contribution in [0.4, 0.5) is 0 Å². The number of hydrogen-bond acceptors (Lipinski definition) is 4. The second-order valence-corrected chi connectivity index (χ2v) is 8.31. The van der Waals surface area contributed by atoms with Crippen molar-refractivity contribution in [2.75, 3.05) is 5.75 Å². The predicted molar refractivity (Wildman–Crippen MR) is 107 cm³/mol. The largest absolute Gasteiger partial charge is 0.303 e. The number of benzene rings is 2. The number of ketones is 1. The molecule has 27 heavy (non-hydrogen) atoms. The molecule has 2 saturated carbocycles. The first kappa shape index (κ1) is 16.8. The lowest BCUT2D eigenvalue weighted by molar-refractivity contribution is 0.102. The third kappa shape index (κ3) is 3.56. The number of Topliss-reactive ketones (excluding diaryl/α,β-unsaturated/α-hetero) is 1. The van der Waals surface area contributed by atoms with Crippen LogP contribution >= 0.6 is 11.8 Å². The summed E-state index contributed by atoms with van der Waals surface area (Å²) in [7, 11) is 0. The molecule has 0 N–H and O–H groups in total. The maximum absolute atomic E-state index is 12.6. The first-order valence-corrected chi connectivity index (χ1v) is 10.5. The van der Waals surface area contributed by atoms with Gasteiger partial charge in [0.25, 0.3) is 0 Å². The highest BCUT2D eigenvalue weighted by atomic mass is 32.2. The average molecular weight is 375 g/mol. The number of hydrogen-bond donors (Lipinski definition) is 0. The Morgan fingerprint density at radius 1 is 0.926 bits per heavy atom. The molecule has 0 unspecified atom stereocenters. The predicted octanol–water partition coefficient (Wildman–Crippen LogP) is 5.13. The van der Waals surface area contributed by atoms with Crippen molar-refractivity contribution in [3.8, 4) is 11.1 Å². The van der Waals surface area contributed by atoms with E-state index in [0.717, 1.165) is 27.7 Å². The third-order valence-electron chi connectivity index (χ3n) is 5.19. The summed E-state index contributed by atoms with van der Waals surface area (Å²) >= 11 is 1.52. The van der Waals surface area contributed by atoms with Crippen molar-refractivity contribution in [1.82, 2.24) is 14.8 Å². The van der Waals surface area contributed by atoms with Crippen molar-refractivity contribution in [1.29, 1.82) is 0 Å². The van der Waals surface area contributed by atoms with E-state index in [1.807, 2.05) is 42.5 Å². The van der Waals surface area contributed by atoms with Gasteiger partial charge in [0, 0.05) is 17.5 Å². The van der Waals surface area contributed by atoms with Crippen LogP contribution in [0.5, 0.6) is 0 Å². The van der Waals surface area contributed by atoms with Gasteiger partial charge in [-0.25, -0.2) is 0 Å². The maximum atomic E-state index is 12.6. The molecule has 2 aromatic carbocycles. The van der Waals surface area contributed by atoms with Crippen molar-refractivity contribution >= 4 is 17.5 Å². The van der Waals surface area contributed by atoms with Gasteiger partial charge in [-0.3, -0.25) is 4.79 Å².